The van der Waals surface area contributed by atoms with Crippen molar-refractivity contribution in [3.63, 3.8) is 0 Å². The Labute approximate surface area is 65.6 Å². The van der Waals surface area contributed by atoms with Crippen molar-refractivity contribution in [1.29, 1.82) is 0 Å². The fraction of sp³-hybridized carbons (Fsp3) is 0.375. The van der Waals surface area contributed by atoms with E-state index in [1.807, 2.05) is 13.0 Å². The number of hydrogen-bond donors (Lipinski definition) is 2. The van der Waals surface area contributed by atoms with Crippen LogP contribution >= 0.6 is 0 Å². The molecule has 1 rings (SSSR count). The second kappa shape index (κ2) is 3.34. The molecule has 0 fully saturated rings. The van der Waals surface area contributed by atoms with Crippen molar-refractivity contribution in [2.45, 2.75) is 13.3 Å². The molecule has 11 heavy (non-hydrogen) atoms. The second-order valence-electron chi connectivity index (χ2n) is 2.37. The standard InChI is InChI=1S/C8H13N3/c1-3-7-6(2)10-8(11-7)4-5-9/h3H,2,4-5,9H2,1H3,(H,10,11)/b7-3+. The Morgan fingerprint density at radius 1 is 1.73 bits per heavy atom. The van der Waals surface area contributed by atoms with E-state index in [4.69, 9.17) is 5.73 Å². The summed E-state index contributed by atoms with van der Waals surface area (Å²) >= 11 is 0. The van der Waals surface area contributed by atoms with Crippen molar-refractivity contribution in [3.05, 3.63) is 16.5 Å². The number of nitrogens with zero attached hydrogens (tertiary/aromatic N) is 1. The van der Waals surface area contributed by atoms with Gasteiger partial charge in [0, 0.05) is 6.42 Å². The molecule has 0 atom stereocenters. The van der Waals surface area contributed by atoms with Crippen molar-refractivity contribution < 1.29 is 0 Å². The van der Waals surface area contributed by atoms with Gasteiger partial charge in [0.15, 0.2) is 0 Å². The first-order chi connectivity index (χ1) is 5.27. The molecule has 0 saturated heterocycles. The summed E-state index contributed by atoms with van der Waals surface area (Å²) in [6, 6.07) is 0. The van der Waals surface area contributed by atoms with Gasteiger partial charge in [0.25, 0.3) is 0 Å². The number of aromatic amines is 1. The van der Waals surface area contributed by atoms with E-state index < -0.39 is 0 Å². The summed E-state index contributed by atoms with van der Waals surface area (Å²) < 4.78 is 0. The zero-order chi connectivity index (χ0) is 8.27. The van der Waals surface area contributed by atoms with Crippen LogP contribution in [0.2, 0.25) is 0 Å². The van der Waals surface area contributed by atoms with E-state index >= 15 is 0 Å². The molecule has 0 spiro atoms. The number of nitrogens with two attached hydrogens (primary N) is 1. The quantitative estimate of drug-likeness (QED) is 0.577. The van der Waals surface area contributed by atoms with Crippen LogP contribution in [0.3, 0.4) is 0 Å². The highest BCUT2D eigenvalue weighted by Crippen LogP contribution is 1.79. The Morgan fingerprint density at radius 2 is 2.45 bits per heavy atom. The lowest BCUT2D eigenvalue weighted by Crippen LogP contribution is -2.21. The average Bonchev–Trinajstić information content (AvgIpc) is 2.32. The minimum atomic E-state index is 0.621. The van der Waals surface area contributed by atoms with Gasteiger partial charge in [0.1, 0.15) is 5.82 Å². The molecule has 60 valence electrons. The first-order valence-electron chi connectivity index (χ1n) is 3.68. The van der Waals surface area contributed by atoms with Gasteiger partial charge in [-0.15, -0.1) is 0 Å². The van der Waals surface area contributed by atoms with Gasteiger partial charge in [-0.05, 0) is 13.5 Å². The van der Waals surface area contributed by atoms with Gasteiger partial charge in [0.2, 0.25) is 0 Å². The van der Waals surface area contributed by atoms with Crippen LogP contribution < -0.4 is 16.4 Å². The molecule has 0 radical (unpaired) electrons. The van der Waals surface area contributed by atoms with Crippen LogP contribution in [-0.2, 0) is 6.42 Å². The van der Waals surface area contributed by atoms with Crippen LogP contribution in [0, 0.1) is 0 Å². The van der Waals surface area contributed by atoms with Crippen LogP contribution in [-0.4, -0.2) is 16.5 Å². The molecule has 0 unspecified atom stereocenters. The fourth-order valence-corrected chi connectivity index (χ4v) is 0.973. The summed E-state index contributed by atoms with van der Waals surface area (Å²) in [4.78, 5) is 7.32. The van der Waals surface area contributed by atoms with Gasteiger partial charge in [-0.2, -0.15) is 0 Å². The third-order valence-corrected chi connectivity index (χ3v) is 1.53. The Balaban J connectivity index is 3.06. The third-order valence-electron chi connectivity index (χ3n) is 1.53. The van der Waals surface area contributed by atoms with Gasteiger partial charge < -0.3 is 10.7 Å². The number of H-pyrrole nitrogens is 1. The Kier molecular flexibility index (Phi) is 2.44. The molecule has 3 N–H and O–H groups in total. The molecule has 1 heterocycles. The fourth-order valence-electron chi connectivity index (χ4n) is 0.973. The molecule has 0 bridgehead atoms. The number of nitrogens with one attached hydrogen (secondary N) is 1. The number of imidazole rings is 1. The zero-order valence-corrected chi connectivity index (χ0v) is 6.72. The Morgan fingerprint density at radius 3 is 2.91 bits per heavy atom. The van der Waals surface area contributed by atoms with Gasteiger partial charge in [-0.1, -0.05) is 12.7 Å². The van der Waals surface area contributed by atoms with E-state index in [-0.39, 0.29) is 0 Å². The minimum Gasteiger partial charge on any atom is -0.342 e. The minimum absolute atomic E-state index is 0.621. The molecule has 1 aromatic rings. The maximum atomic E-state index is 5.37. The van der Waals surface area contributed by atoms with Gasteiger partial charge in [-0.25, -0.2) is 4.98 Å². The molecule has 0 aliphatic rings. The molecule has 0 saturated carbocycles. The largest absolute Gasteiger partial charge is 0.342 e. The van der Waals surface area contributed by atoms with Crippen molar-refractivity contribution in [2.24, 2.45) is 5.73 Å². The lowest BCUT2D eigenvalue weighted by molar-refractivity contribution is 0.890. The number of rotatable bonds is 2. The normalized spacial score (nSPS) is 12.4. The maximum Gasteiger partial charge on any atom is 0.108 e. The topological polar surface area (TPSA) is 54.7 Å². The lowest BCUT2D eigenvalue weighted by atomic mass is 10.4. The molecular formula is C8H13N3. The lowest BCUT2D eigenvalue weighted by Gasteiger charge is -1.87. The van der Waals surface area contributed by atoms with E-state index in [1.165, 1.54) is 0 Å². The summed E-state index contributed by atoms with van der Waals surface area (Å²) in [5.74, 6) is 0.922. The summed E-state index contributed by atoms with van der Waals surface area (Å²) in [6.45, 7) is 6.35. The summed E-state index contributed by atoms with van der Waals surface area (Å²) in [5, 5.41) is 1.80. The monoisotopic (exact) mass is 151 g/mol. The van der Waals surface area contributed by atoms with Crippen molar-refractivity contribution in [2.75, 3.05) is 6.54 Å². The van der Waals surface area contributed by atoms with Crippen LogP contribution in [0.1, 0.15) is 12.7 Å². The Bertz CT molecular complexity index is 324. The first-order valence-corrected chi connectivity index (χ1v) is 3.68. The highest BCUT2D eigenvalue weighted by molar-refractivity contribution is 5.16. The van der Waals surface area contributed by atoms with E-state index in [0.29, 0.717) is 6.54 Å². The van der Waals surface area contributed by atoms with Crippen LogP contribution in [0.15, 0.2) is 0 Å². The maximum absolute atomic E-state index is 5.37. The molecule has 0 amide bonds. The molecule has 3 heteroatoms. The highest BCUT2D eigenvalue weighted by Gasteiger charge is 1.93. The van der Waals surface area contributed by atoms with E-state index in [2.05, 4.69) is 16.5 Å². The summed E-state index contributed by atoms with van der Waals surface area (Å²) in [6.07, 6.45) is 2.74. The van der Waals surface area contributed by atoms with Crippen molar-refractivity contribution >= 4 is 12.7 Å². The van der Waals surface area contributed by atoms with Crippen molar-refractivity contribution in [3.8, 4) is 0 Å². The van der Waals surface area contributed by atoms with Crippen LogP contribution in [0.25, 0.3) is 12.7 Å². The molecule has 3 nitrogen and oxygen atoms in total. The van der Waals surface area contributed by atoms with E-state index in [9.17, 15) is 0 Å². The summed E-state index contributed by atoms with van der Waals surface area (Å²) in [7, 11) is 0. The summed E-state index contributed by atoms with van der Waals surface area (Å²) in [5.41, 5.74) is 5.37. The molecule has 0 aromatic carbocycles. The predicted octanol–water partition coefficient (Wildman–Crippen LogP) is -0.878. The predicted molar refractivity (Wildman–Crippen MR) is 46.3 cm³/mol. The van der Waals surface area contributed by atoms with Gasteiger partial charge in [0.05, 0.1) is 10.7 Å². The van der Waals surface area contributed by atoms with Crippen molar-refractivity contribution in [1.82, 2.24) is 9.97 Å². The molecule has 0 aliphatic heterocycles. The van der Waals surface area contributed by atoms with E-state index in [1.54, 1.807) is 0 Å². The zero-order valence-electron chi connectivity index (χ0n) is 6.72. The highest BCUT2D eigenvalue weighted by atomic mass is 14.9. The third kappa shape index (κ3) is 1.68. The first kappa shape index (κ1) is 8.01. The number of hydrogen-bond acceptors (Lipinski definition) is 2. The SMILES string of the molecule is C=c1nc(CCN)[nH]/c1=C/C. The van der Waals surface area contributed by atoms with E-state index in [0.717, 1.165) is 22.9 Å². The van der Waals surface area contributed by atoms with Crippen LogP contribution in [0.4, 0.5) is 0 Å². The van der Waals surface area contributed by atoms with Gasteiger partial charge >= 0.3 is 0 Å². The smallest absolute Gasteiger partial charge is 0.108 e. The average molecular weight is 151 g/mol. The Hall–Kier alpha value is -1.09. The van der Waals surface area contributed by atoms with Crippen LogP contribution in [0.5, 0.6) is 0 Å². The van der Waals surface area contributed by atoms with Gasteiger partial charge in [-0.3, -0.25) is 0 Å². The molecule has 1 aromatic heterocycles. The molecular weight excluding hydrogens is 138 g/mol. The number of aromatic nitrogens is 2. The second-order valence-corrected chi connectivity index (χ2v) is 2.37. The molecule has 0 aliphatic carbocycles.